The molecule has 0 aromatic heterocycles. The van der Waals surface area contributed by atoms with Crippen LogP contribution >= 0.6 is 0 Å². The van der Waals surface area contributed by atoms with E-state index in [0.29, 0.717) is 0 Å². The van der Waals surface area contributed by atoms with E-state index in [0.717, 1.165) is 18.2 Å². The molecule has 0 saturated heterocycles. The first-order chi connectivity index (χ1) is 10.5. The van der Waals surface area contributed by atoms with E-state index >= 15 is 0 Å². The normalized spacial score (nSPS) is 10.5. The molecule has 116 valence electrons. The molecule has 0 spiro atoms. The molecule has 0 aliphatic carbocycles. The molecule has 0 aliphatic heterocycles. The van der Waals surface area contributed by atoms with Crippen LogP contribution < -0.4 is 4.90 Å². The van der Waals surface area contributed by atoms with Gasteiger partial charge in [-0.1, -0.05) is 18.2 Å². The van der Waals surface area contributed by atoms with Gasteiger partial charge in [0.15, 0.2) is 0 Å². The molecule has 2 aromatic rings. The van der Waals surface area contributed by atoms with Crippen LogP contribution in [0.25, 0.3) is 0 Å². The highest BCUT2D eigenvalue weighted by atomic mass is 19.1. The Morgan fingerprint density at radius 1 is 1.05 bits per heavy atom. The van der Waals surface area contributed by atoms with E-state index < -0.39 is 23.4 Å². The van der Waals surface area contributed by atoms with Crippen LogP contribution in [0.15, 0.2) is 42.5 Å². The number of carboxylic acid groups (broad SMARTS) is 1. The van der Waals surface area contributed by atoms with Gasteiger partial charge in [-0.3, -0.25) is 4.79 Å². The molecule has 1 N–H and O–H groups in total. The average Bonchev–Trinajstić information content (AvgIpc) is 2.48. The van der Waals surface area contributed by atoms with Gasteiger partial charge in [-0.15, -0.1) is 0 Å². The van der Waals surface area contributed by atoms with Gasteiger partial charge in [-0.2, -0.15) is 0 Å². The third-order valence-electron chi connectivity index (χ3n) is 3.16. The Bertz CT molecular complexity index is 676. The van der Waals surface area contributed by atoms with E-state index in [1.54, 1.807) is 6.07 Å². The van der Waals surface area contributed by atoms with Crippen molar-refractivity contribution < 1.29 is 23.1 Å². The first-order valence-electron chi connectivity index (χ1n) is 6.62. The molecular formula is C16H14F3NO2. The molecule has 0 bridgehead atoms. The zero-order chi connectivity index (χ0) is 16.1. The van der Waals surface area contributed by atoms with Crippen LogP contribution in [-0.2, 0) is 11.3 Å². The van der Waals surface area contributed by atoms with Crippen molar-refractivity contribution in [2.45, 2.75) is 13.0 Å². The van der Waals surface area contributed by atoms with E-state index in [1.807, 2.05) is 0 Å². The maximum absolute atomic E-state index is 13.9. The van der Waals surface area contributed by atoms with Gasteiger partial charge in [0.05, 0.1) is 12.1 Å². The molecular weight excluding hydrogens is 295 g/mol. The number of benzene rings is 2. The van der Waals surface area contributed by atoms with Crippen molar-refractivity contribution in [3.63, 3.8) is 0 Å². The predicted octanol–water partition coefficient (Wildman–Crippen LogP) is 3.59. The predicted molar refractivity (Wildman–Crippen MR) is 76.1 cm³/mol. The number of carbonyl (C=O) groups is 1. The number of hydrogen-bond acceptors (Lipinski definition) is 2. The van der Waals surface area contributed by atoms with E-state index in [4.69, 9.17) is 5.11 Å². The molecule has 0 amide bonds. The number of aliphatic carboxylic acids is 1. The largest absolute Gasteiger partial charge is 0.481 e. The molecule has 0 saturated carbocycles. The number of hydrogen-bond donors (Lipinski definition) is 1. The van der Waals surface area contributed by atoms with Gasteiger partial charge in [0, 0.05) is 24.7 Å². The Hall–Kier alpha value is -2.50. The van der Waals surface area contributed by atoms with Gasteiger partial charge in [0.2, 0.25) is 0 Å². The first kappa shape index (κ1) is 15.9. The summed E-state index contributed by atoms with van der Waals surface area (Å²) in [6, 6.07) is 8.81. The van der Waals surface area contributed by atoms with E-state index in [9.17, 15) is 18.0 Å². The second-order valence-electron chi connectivity index (χ2n) is 4.75. The average molecular weight is 309 g/mol. The molecule has 0 heterocycles. The van der Waals surface area contributed by atoms with Gasteiger partial charge in [0.25, 0.3) is 0 Å². The number of nitrogens with zero attached hydrogens (tertiary/aromatic N) is 1. The zero-order valence-electron chi connectivity index (χ0n) is 11.6. The number of halogens is 3. The summed E-state index contributed by atoms with van der Waals surface area (Å²) in [4.78, 5) is 12.0. The van der Waals surface area contributed by atoms with Gasteiger partial charge < -0.3 is 10.0 Å². The number of anilines is 1. The molecule has 0 radical (unpaired) electrons. The minimum atomic E-state index is -1.07. The maximum atomic E-state index is 13.9. The molecule has 0 unspecified atom stereocenters. The van der Waals surface area contributed by atoms with Crippen LogP contribution in [0.1, 0.15) is 12.0 Å². The lowest BCUT2D eigenvalue weighted by molar-refractivity contribution is -0.136. The molecule has 0 fully saturated rings. The first-order valence-corrected chi connectivity index (χ1v) is 6.62. The zero-order valence-corrected chi connectivity index (χ0v) is 11.6. The minimum Gasteiger partial charge on any atom is -0.481 e. The Morgan fingerprint density at radius 2 is 1.77 bits per heavy atom. The highest BCUT2D eigenvalue weighted by Crippen LogP contribution is 2.23. The van der Waals surface area contributed by atoms with Crippen molar-refractivity contribution in [2.24, 2.45) is 0 Å². The smallest absolute Gasteiger partial charge is 0.305 e. The standard InChI is InChI=1S/C16H14F3NO2/c17-12-5-6-14(19)15(9-12)20(8-7-16(21)22)10-11-3-1-2-4-13(11)18/h1-6,9H,7-8,10H2,(H,21,22). The Labute approximate surface area is 125 Å². The molecule has 0 atom stereocenters. The van der Waals surface area contributed by atoms with Crippen molar-refractivity contribution in [3.05, 3.63) is 65.5 Å². The summed E-state index contributed by atoms with van der Waals surface area (Å²) in [5.41, 5.74) is 0.182. The summed E-state index contributed by atoms with van der Waals surface area (Å²) in [6.07, 6.45) is -0.273. The summed E-state index contributed by atoms with van der Waals surface area (Å²) < 4.78 is 41.0. The van der Waals surface area contributed by atoms with Gasteiger partial charge in [-0.05, 0) is 18.2 Å². The van der Waals surface area contributed by atoms with Crippen molar-refractivity contribution in [2.75, 3.05) is 11.4 Å². The highest BCUT2D eigenvalue weighted by Gasteiger charge is 2.16. The lowest BCUT2D eigenvalue weighted by Crippen LogP contribution is -2.27. The fraction of sp³-hybridized carbons (Fsp3) is 0.188. The van der Waals surface area contributed by atoms with Gasteiger partial charge >= 0.3 is 5.97 Å². The third kappa shape index (κ3) is 4.00. The van der Waals surface area contributed by atoms with Crippen LogP contribution in [-0.4, -0.2) is 17.6 Å². The van der Waals surface area contributed by atoms with Crippen molar-refractivity contribution in [3.8, 4) is 0 Å². The minimum absolute atomic E-state index is 0.0552. The maximum Gasteiger partial charge on any atom is 0.305 e. The third-order valence-corrected chi connectivity index (χ3v) is 3.16. The fourth-order valence-corrected chi connectivity index (χ4v) is 2.08. The van der Waals surface area contributed by atoms with Crippen LogP contribution in [0.3, 0.4) is 0 Å². The fourth-order valence-electron chi connectivity index (χ4n) is 2.08. The monoisotopic (exact) mass is 309 g/mol. The topological polar surface area (TPSA) is 40.5 Å². The van der Waals surface area contributed by atoms with Crippen LogP contribution in [0, 0.1) is 17.5 Å². The van der Waals surface area contributed by atoms with Crippen LogP contribution in [0.2, 0.25) is 0 Å². The lowest BCUT2D eigenvalue weighted by Gasteiger charge is -2.25. The molecule has 6 heteroatoms. The molecule has 2 rings (SSSR count). The summed E-state index contributed by atoms with van der Waals surface area (Å²) in [5, 5.41) is 8.79. The Morgan fingerprint density at radius 3 is 2.45 bits per heavy atom. The Balaban J connectivity index is 2.32. The molecule has 22 heavy (non-hydrogen) atoms. The van der Waals surface area contributed by atoms with E-state index in [-0.39, 0.29) is 30.8 Å². The SMILES string of the molecule is O=C(O)CCN(Cc1ccccc1F)c1cc(F)ccc1F. The van der Waals surface area contributed by atoms with Gasteiger partial charge in [-0.25, -0.2) is 13.2 Å². The van der Waals surface area contributed by atoms with Crippen LogP contribution in [0.4, 0.5) is 18.9 Å². The second kappa shape index (κ2) is 6.98. The second-order valence-corrected chi connectivity index (χ2v) is 4.75. The van der Waals surface area contributed by atoms with Crippen molar-refractivity contribution in [1.82, 2.24) is 0 Å². The number of rotatable bonds is 6. The van der Waals surface area contributed by atoms with E-state index in [2.05, 4.69) is 0 Å². The lowest BCUT2D eigenvalue weighted by atomic mass is 10.1. The Kier molecular flexibility index (Phi) is 5.04. The van der Waals surface area contributed by atoms with Gasteiger partial charge in [0.1, 0.15) is 17.5 Å². The van der Waals surface area contributed by atoms with Crippen molar-refractivity contribution >= 4 is 11.7 Å². The van der Waals surface area contributed by atoms with Crippen molar-refractivity contribution in [1.29, 1.82) is 0 Å². The quantitative estimate of drug-likeness (QED) is 0.886. The summed E-state index contributed by atoms with van der Waals surface area (Å²) in [5.74, 6) is -2.90. The summed E-state index contributed by atoms with van der Waals surface area (Å²) in [6.45, 7) is -0.121. The van der Waals surface area contributed by atoms with E-state index in [1.165, 1.54) is 23.1 Å². The molecule has 0 aliphatic rings. The number of carboxylic acids is 1. The molecule has 2 aromatic carbocycles. The highest BCUT2D eigenvalue weighted by molar-refractivity contribution is 5.67. The molecule has 3 nitrogen and oxygen atoms in total. The summed E-state index contributed by atoms with van der Waals surface area (Å²) >= 11 is 0. The summed E-state index contributed by atoms with van der Waals surface area (Å²) in [7, 11) is 0. The van der Waals surface area contributed by atoms with Crippen LogP contribution in [0.5, 0.6) is 0 Å².